The number of nitrogens with one attached hydrogen (secondary N) is 1. The monoisotopic (exact) mass is 334 g/mol. The highest BCUT2D eigenvalue weighted by atomic mass is 16.6. The second-order valence-electron chi connectivity index (χ2n) is 6.65. The lowest BCUT2D eigenvalue weighted by Gasteiger charge is -2.46. The number of hydrogen-bond acceptors (Lipinski definition) is 8. The van der Waals surface area contributed by atoms with Crippen molar-refractivity contribution in [3.63, 3.8) is 0 Å². The minimum atomic E-state index is -1.05. The molecule has 1 spiro atoms. The Morgan fingerprint density at radius 3 is 2.92 bits per heavy atom. The van der Waals surface area contributed by atoms with Gasteiger partial charge in [-0.25, -0.2) is 15.0 Å². The van der Waals surface area contributed by atoms with E-state index in [1.54, 1.807) is 4.57 Å². The van der Waals surface area contributed by atoms with Crippen molar-refractivity contribution in [2.24, 2.45) is 0 Å². The Hall–Kier alpha value is -1.81. The number of aliphatic hydroxyl groups is 2. The van der Waals surface area contributed by atoms with E-state index in [2.05, 4.69) is 27.2 Å². The third-order valence-corrected chi connectivity index (χ3v) is 5.04. The molecular weight excluding hydrogens is 312 g/mol. The molecule has 0 radical (unpaired) electrons. The van der Waals surface area contributed by atoms with Crippen LogP contribution in [0.2, 0.25) is 0 Å². The van der Waals surface area contributed by atoms with Crippen LogP contribution in [0.25, 0.3) is 11.2 Å². The second-order valence-corrected chi connectivity index (χ2v) is 6.65. The summed E-state index contributed by atoms with van der Waals surface area (Å²) in [5, 5.41) is 24.4. The van der Waals surface area contributed by atoms with Crippen LogP contribution in [0.4, 0.5) is 5.82 Å². The fourth-order valence-corrected chi connectivity index (χ4v) is 3.73. The average Bonchev–Trinajstić information content (AvgIpc) is 3.07. The average molecular weight is 334 g/mol. The van der Waals surface area contributed by atoms with Crippen molar-refractivity contribution >= 4 is 17.0 Å². The highest BCUT2D eigenvalue weighted by Crippen LogP contribution is 2.49. The van der Waals surface area contributed by atoms with Gasteiger partial charge in [-0.2, -0.15) is 0 Å². The Morgan fingerprint density at radius 1 is 1.38 bits per heavy atom. The largest absolute Gasteiger partial charge is 0.387 e. The van der Waals surface area contributed by atoms with Crippen LogP contribution in [0.5, 0.6) is 0 Å². The van der Waals surface area contributed by atoms with Gasteiger partial charge in [-0.05, 0) is 25.8 Å². The van der Waals surface area contributed by atoms with E-state index in [0.717, 1.165) is 13.0 Å². The standard InChI is InChI=1S/C15H22N6O3/c1-2-3-17-8-4-15(5-8)11(23)10(22)14(24-15)21-7-20-9-12(16)18-6-19-13(9)21/h6-8,10-11,14,17,22-23H,2-5H2,1H3,(H2,16,18,19)/t8?,10-,11+,14-,15?/m1/s1. The molecule has 0 aromatic carbocycles. The quantitative estimate of drug-likeness (QED) is 0.592. The van der Waals surface area contributed by atoms with E-state index in [1.807, 2.05) is 0 Å². The zero-order valence-electron chi connectivity index (χ0n) is 13.5. The SMILES string of the molecule is CCCNC1CC2(C1)O[C@@H](n1cnc3c(N)ncnc31)[C@H](O)[C@@H]2O. The summed E-state index contributed by atoms with van der Waals surface area (Å²) in [6, 6.07) is 0.308. The number of imidazole rings is 1. The second kappa shape index (κ2) is 5.62. The van der Waals surface area contributed by atoms with Crippen molar-refractivity contribution < 1.29 is 14.9 Å². The van der Waals surface area contributed by atoms with Crippen molar-refractivity contribution in [1.29, 1.82) is 0 Å². The fraction of sp³-hybridized carbons (Fsp3) is 0.667. The molecule has 3 atom stereocenters. The van der Waals surface area contributed by atoms with E-state index < -0.39 is 24.0 Å². The molecule has 130 valence electrons. The van der Waals surface area contributed by atoms with Crippen molar-refractivity contribution in [1.82, 2.24) is 24.8 Å². The molecule has 0 amide bonds. The molecule has 1 aliphatic heterocycles. The van der Waals surface area contributed by atoms with Crippen LogP contribution < -0.4 is 11.1 Å². The summed E-state index contributed by atoms with van der Waals surface area (Å²) in [5.41, 5.74) is 6.02. The van der Waals surface area contributed by atoms with E-state index in [4.69, 9.17) is 10.5 Å². The van der Waals surface area contributed by atoms with Gasteiger partial charge in [0.05, 0.1) is 6.33 Å². The van der Waals surface area contributed by atoms with Gasteiger partial charge in [0, 0.05) is 6.04 Å². The highest BCUT2D eigenvalue weighted by molar-refractivity contribution is 5.81. The molecule has 1 aliphatic carbocycles. The van der Waals surface area contributed by atoms with Gasteiger partial charge in [-0.1, -0.05) is 6.92 Å². The summed E-state index contributed by atoms with van der Waals surface area (Å²) < 4.78 is 7.71. The first kappa shape index (κ1) is 15.7. The summed E-state index contributed by atoms with van der Waals surface area (Å²) in [5.74, 6) is 0.272. The lowest BCUT2D eigenvalue weighted by molar-refractivity contribution is -0.158. The first-order valence-electron chi connectivity index (χ1n) is 8.26. The molecule has 4 rings (SSSR count). The summed E-state index contributed by atoms with van der Waals surface area (Å²) in [7, 11) is 0. The fourth-order valence-electron chi connectivity index (χ4n) is 3.73. The van der Waals surface area contributed by atoms with Crippen molar-refractivity contribution in [2.75, 3.05) is 12.3 Å². The minimum Gasteiger partial charge on any atom is -0.387 e. The van der Waals surface area contributed by atoms with Crippen LogP contribution >= 0.6 is 0 Å². The molecule has 5 N–H and O–H groups in total. The Morgan fingerprint density at radius 2 is 2.17 bits per heavy atom. The number of nitrogens with zero attached hydrogens (tertiary/aromatic N) is 4. The van der Waals surface area contributed by atoms with Gasteiger partial charge in [0.15, 0.2) is 17.7 Å². The molecule has 9 heteroatoms. The van der Waals surface area contributed by atoms with Gasteiger partial charge in [0.2, 0.25) is 0 Å². The number of aromatic nitrogens is 4. The molecule has 2 aliphatic rings. The van der Waals surface area contributed by atoms with Crippen molar-refractivity contribution in [3.8, 4) is 0 Å². The first-order chi connectivity index (χ1) is 11.6. The maximum absolute atomic E-state index is 10.5. The highest BCUT2D eigenvalue weighted by Gasteiger charge is 2.61. The van der Waals surface area contributed by atoms with Gasteiger partial charge in [0.1, 0.15) is 29.7 Å². The molecule has 0 bridgehead atoms. The smallest absolute Gasteiger partial charge is 0.167 e. The van der Waals surface area contributed by atoms with Crippen LogP contribution in [-0.4, -0.2) is 60.1 Å². The number of anilines is 1. The van der Waals surface area contributed by atoms with Crippen molar-refractivity contribution in [2.45, 2.75) is 56.3 Å². The molecule has 2 aromatic heterocycles. The van der Waals surface area contributed by atoms with E-state index >= 15 is 0 Å². The predicted octanol–water partition coefficient (Wildman–Crippen LogP) is -0.440. The molecule has 1 saturated carbocycles. The number of aliphatic hydroxyl groups excluding tert-OH is 2. The molecule has 0 unspecified atom stereocenters. The van der Waals surface area contributed by atoms with Gasteiger partial charge < -0.3 is 26.0 Å². The molecular formula is C15H22N6O3. The number of nitrogen functional groups attached to an aromatic ring is 1. The van der Waals surface area contributed by atoms with Crippen LogP contribution in [-0.2, 0) is 4.74 Å². The Labute approximate surface area is 138 Å². The molecule has 2 fully saturated rings. The summed E-state index contributed by atoms with van der Waals surface area (Å²) in [4.78, 5) is 12.3. The lowest BCUT2D eigenvalue weighted by atomic mass is 9.72. The molecule has 9 nitrogen and oxygen atoms in total. The first-order valence-corrected chi connectivity index (χ1v) is 8.26. The number of ether oxygens (including phenoxy) is 1. The minimum absolute atomic E-state index is 0.272. The Balaban J connectivity index is 1.58. The van der Waals surface area contributed by atoms with Gasteiger partial charge in [-0.3, -0.25) is 4.57 Å². The summed E-state index contributed by atoms with van der Waals surface area (Å²) in [6.07, 6.45) is 2.52. The number of rotatable bonds is 4. The van der Waals surface area contributed by atoms with Gasteiger partial charge >= 0.3 is 0 Å². The zero-order chi connectivity index (χ0) is 16.9. The van der Waals surface area contributed by atoms with E-state index in [0.29, 0.717) is 30.0 Å². The van der Waals surface area contributed by atoms with Gasteiger partial charge in [-0.15, -0.1) is 0 Å². The molecule has 1 saturated heterocycles. The van der Waals surface area contributed by atoms with Gasteiger partial charge in [0.25, 0.3) is 0 Å². The van der Waals surface area contributed by atoms with E-state index in [1.165, 1.54) is 12.7 Å². The van der Waals surface area contributed by atoms with E-state index in [-0.39, 0.29) is 5.82 Å². The molecule has 2 aromatic rings. The maximum atomic E-state index is 10.5. The number of fused-ring (bicyclic) bond motifs is 1. The normalized spacial score (nSPS) is 35.6. The maximum Gasteiger partial charge on any atom is 0.167 e. The number of hydrogen-bond donors (Lipinski definition) is 4. The third kappa shape index (κ3) is 2.20. The van der Waals surface area contributed by atoms with Crippen LogP contribution in [0.3, 0.4) is 0 Å². The Kier molecular flexibility index (Phi) is 3.68. The summed E-state index contributed by atoms with van der Waals surface area (Å²) in [6.45, 7) is 3.05. The third-order valence-electron chi connectivity index (χ3n) is 5.04. The zero-order valence-corrected chi connectivity index (χ0v) is 13.5. The topological polar surface area (TPSA) is 131 Å². The molecule has 24 heavy (non-hydrogen) atoms. The van der Waals surface area contributed by atoms with Crippen LogP contribution in [0.15, 0.2) is 12.7 Å². The Bertz CT molecular complexity index is 744. The van der Waals surface area contributed by atoms with Crippen LogP contribution in [0.1, 0.15) is 32.4 Å². The van der Waals surface area contributed by atoms with Crippen LogP contribution in [0, 0.1) is 0 Å². The molecule has 3 heterocycles. The number of nitrogens with two attached hydrogens (primary N) is 1. The lowest BCUT2D eigenvalue weighted by Crippen LogP contribution is -2.59. The predicted molar refractivity (Wildman–Crippen MR) is 85.9 cm³/mol. The summed E-state index contributed by atoms with van der Waals surface area (Å²) >= 11 is 0. The van der Waals surface area contributed by atoms with E-state index in [9.17, 15) is 10.2 Å². The van der Waals surface area contributed by atoms with Crippen molar-refractivity contribution in [3.05, 3.63) is 12.7 Å².